The standard InChI is InChI=1S/C20H16FN5O3/c1-2-29-20(28)18-22-16-9-5-3-7-14(16)19(27)25(18)11-13-12-26(24-23-13)17-10-6-4-8-15(17)21/h3-10,12H,2,11H2,1H3. The van der Waals surface area contributed by atoms with Crippen LogP contribution in [0.15, 0.2) is 59.5 Å². The Morgan fingerprint density at radius 3 is 2.69 bits per heavy atom. The van der Waals surface area contributed by atoms with Crippen LogP contribution < -0.4 is 5.56 Å². The van der Waals surface area contributed by atoms with Crippen molar-refractivity contribution in [3.63, 3.8) is 0 Å². The predicted octanol–water partition coefficient (Wildman–Crippen LogP) is 2.34. The Labute approximate surface area is 164 Å². The van der Waals surface area contributed by atoms with Crippen LogP contribution >= 0.6 is 0 Å². The molecule has 4 rings (SSSR count). The number of nitrogens with zero attached hydrogens (tertiary/aromatic N) is 5. The molecule has 2 heterocycles. The Kier molecular flexibility index (Phi) is 4.86. The van der Waals surface area contributed by atoms with Gasteiger partial charge in [-0.05, 0) is 31.2 Å². The summed E-state index contributed by atoms with van der Waals surface area (Å²) in [5, 5.41) is 8.29. The summed E-state index contributed by atoms with van der Waals surface area (Å²) < 4.78 is 21.5. The largest absolute Gasteiger partial charge is 0.460 e. The molecule has 29 heavy (non-hydrogen) atoms. The lowest BCUT2D eigenvalue weighted by Crippen LogP contribution is -2.29. The third kappa shape index (κ3) is 3.49. The molecule has 0 aliphatic heterocycles. The van der Waals surface area contributed by atoms with E-state index in [1.54, 1.807) is 49.4 Å². The van der Waals surface area contributed by atoms with E-state index >= 15 is 0 Å². The van der Waals surface area contributed by atoms with Gasteiger partial charge in [0, 0.05) is 0 Å². The summed E-state index contributed by atoms with van der Waals surface area (Å²) in [5.74, 6) is -1.30. The molecule has 9 heteroatoms. The molecule has 8 nitrogen and oxygen atoms in total. The van der Waals surface area contributed by atoms with Crippen molar-refractivity contribution in [2.45, 2.75) is 13.5 Å². The van der Waals surface area contributed by atoms with Gasteiger partial charge in [0.2, 0.25) is 5.82 Å². The molecule has 2 aromatic carbocycles. The number of carbonyl (C=O) groups excluding carboxylic acids is 1. The van der Waals surface area contributed by atoms with Gasteiger partial charge in [-0.2, -0.15) is 0 Å². The number of benzene rings is 2. The van der Waals surface area contributed by atoms with Gasteiger partial charge in [0.15, 0.2) is 0 Å². The van der Waals surface area contributed by atoms with Gasteiger partial charge >= 0.3 is 5.97 Å². The first-order chi connectivity index (χ1) is 14.1. The fourth-order valence-electron chi connectivity index (χ4n) is 2.95. The molecule has 2 aromatic heterocycles. The predicted molar refractivity (Wildman–Crippen MR) is 102 cm³/mol. The molecular weight excluding hydrogens is 377 g/mol. The number of fused-ring (bicyclic) bond motifs is 1. The van der Waals surface area contributed by atoms with E-state index in [-0.39, 0.29) is 24.7 Å². The summed E-state index contributed by atoms with van der Waals surface area (Å²) in [5.41, 5.74) is 0.574. The number of esters is 1. The summed E-state index contributed by atoms with van der Waals surface area (Å²) in [6.45, 7) is 1.74. The van der Waals surface area contributed by atoms with Crippen molar-refractivity contribution in [3.05, 3.63) is 82.4 Å². The van der Waals surface area contributed by atoms with Gasteiger partial charge in [-0.15, -0.1) is 5.10 Å². The van der Waals surface area contributed by atoms with Crippen molar-refractivity contribution in [1.29, 1.82) is 0 Å². The first-order valence-electron chi connectivity index (χ1n) is 8.91. The molecule has 0 atom stereocenters. The van der Waals surface area contributed by atoms with E-state index in [4.69, 9.17) is 4.74 Å². The summed E-state index contributed by atoms with van der Waals surface area (Å²) in [7, 11) is 0. The van der Waals surface area contributed by atoms with E-state index in [1.165, 1.54) is 21.5 Å². The molecule has 0 aliphatic carbocycles. The lowest BCUT2D eigenvalue weighted by molar-refractivity contribution is 0.0505. The highest BCUT2D eigenvalue weighted by Gasteiger charge is 2.20. The van der Waals surface area contributed by atoms with E-state index in [1.807, 2.05) is 0 Å². The van der Waals surface area contributed by atoms with Crippen LogP contribution in [0.4, 0.5) is 4.39 Å². The van der Waals surface area contributed by atoms with Gasteiger partial charge < -0.3 is 4.74 Å². The highest BCUT2D eigenvalue weighted by atomic mass is 19.1. The first-order valence-corrected chi connectivity index (χ1v) is 8.91. The Morgan fingerprint density at radius 1 is 1.14 bits per heavy atom. The van der Waals surface area contributed by atoms with Gasteiger partial charge in [0.25, 0.3) is 5.56 Å². The average Bonchev–Trinajstić information content (AvgIpc) is 3.19. The third-order valence-electron chi connectivity index (χ3n) is 4.28. The van der Waals surface area contributed by atoms with E-state index < -0.39 is 17.3 Å². The van der Waals surface area contributed by atoms with E-state index in [0.717, 1.165) is 0 Å². The Balaban J connectivity index is 1.79. The SMILES string of the molecule is CCOC(=O)c1nc2ccccc2c(=O)n1Cc1cn(-c2ccccc2F)nn1. The minimum absolute atomic E-state index is 0.0702. The fourth-order valence-corrected chi connectivity index (χ4v) is 2.95. The van der Waals surface area contributed by atoms with Crippen molar-refractivity contribution in [2.75, 3.05) is 6.61 Å². The molecule has 4 aromatic rings. The van der Waals surface area contributed by atoms with Crippen LogP contribution in [0.1, 0.15) is 23.2 Å². The number of carbonyl (C=O) groups is 1. The molecular formula is C20H16FN5O3. The van der Waals surface area contributed by atoms with Gasteiger partial charge in [-0.25, -0.2) is 18.9 Å². The second-order valence-corrected chi connectivity index (χ2v) is 6.17. The molecule has 146 valence electrons. The monoisotopic (exact) mass is 393 g/mol. The summed E-state index contributed by atoms with van der Waals surface area (Å²) in [4.78, 5) is 29.7. The van der Waals surface area contributed by atoms with Gasteiger partial charge in [0.1, 0.15) is 17.2 Å². The molecule has 0 aliphatic rings. The smallest absolute Gasteiger partial charge is 0.374 e. The average molecular weight is 393 g/mol. The van der Waals surface area contributed by atoms with Crippen LogP contribution in [0.5, 0.6) is 0 Å². The molecule has 0 radical (unpaired) electrons. The van der Waals surface area contributed by atoms with Crippen molar-refractivity contribution in [1.82, 2.24) is 24.5 Å². The quantitative estimate of drug-likeness (QED) is 0.483. The number of ether oxygens (including phenoxy) is 1. The van der Waals surface area contributed by atoms with Crippen LogP contribution in [-0.2, 0) is 11.3 Å². The molecule has 0 saturated heterocycles. The van der Waals surface area contributed by atoms with E-state index in [0.29, 0.717) is 16.6 Å². The zero-order valence-electron chi connectivity index (χ0n) is 15.4. The number of rotatable bonds is 5. The Bertz CT molecular complexity index is 1260. The lowest BCUT2D eigenvalue weighted by Gasteiger charge is -2.11. The molecule has 0 amide bonds. The number of para-hydroxylation sites is 2. The van der Waals surface area contributed by atoms with E-state index in [9.17, 15) is 14.0 Å². The van der Waals surface area contributed by atoms with Crippen molar-refractivity contribution in [2.24, 2.45) is 0 Å². The highest BCUT2D eigenvalue weighted by molar-refractivity contribution is 5.89. The first kappa shape index (κ1) is 18.5. The number of hydrogen-bond donors (Lipinski definition) is 0. The number of halogens is 1. The van der Waals surface area contributed by atoms with Crippen molar-refractivity contribution < 1.29 is 13.9 Å². The van der Waals surface area contributed by atoms with Crippen LogP contribution in [0.2, 0.25) is 0 Å². The fraction of sp³-hybridized carbons (Fsp3) is 0.150. The molecule has 0 spiro atoms. The third-order valence-corrected chi connectivity index (χ3v) is 4.28. The van der Waals surface area contributed by atoms with Crippen molar-refractivity contribution >= 4 is 16.9 Å². The minimum atomic E-state index is -0.711. The zero-order valence-corrected chi connectivity index (χ0v) is 15.4. The van der Waals surface area contributed by atoms with Crippen LogP contribution in [0, 0.1) is 5.82 Å². The second-order valence-electron chi connectivity index (χ2n) is 6.17. The Morgan fingerprint density at radius 2 is 1.90 bits per heavy atom. The van der Waals surface area contributed by atoms with Crippen molar-refractivity contribution in [3.8, 4) is 5.69 Å². The molecule has 0 N–H and O–H groups in total. The van der Waals surface area contributed by atoms with Crippen LogP contribution in [0.3, 0.4) is 0 Å². The normalized spacial score (nSPS) is 11.0. The summed E-state index contributed by atoms with van der Waals surface area (Å²) in [6.07, 6.45) is 1.50. The molecule has 0 unspecified atom stereocenters. The van der Waals surface area contributed by atoms with Gasteiger partial charge in [-0.3, -0.25) is 9.36 Å². The van der Waals surface area contributed by atoms with Crippen LogP contribution in [0.25, 0.3) is 16.6 Å². The Hall–Kier alpha value is -3.88. The summed E-state index contributed by atoms with van der Waals surface area (Å²) >= 11 is 0. The maximum absolute atomic E-state index is 14.0. The number of aromatic nitrogens is 5. The van der Waals surface area contributed by atoms with Gasteiger partial charge in [-0.1, -0.05) is 29.5 Å². The van der Waals surface area contributed by atoms with Gasteiger partial charge in [0.05, 0.1) is 30.3 Å². The molecule has 0 fully saturated rings. The summed E-state index contributed by atoms with van der Waals surface area (Å²) in [6, 6.07) is 12.8. The maximum Gasteiger partial charge on any atom is 0.374 e. The highest BCUT2D eigenvalue weighted by Crippen LogP contribution is 2.13. The lowest BCUT2D eigenvalue weighted by atomic mass is 10.2. The molecule has 0 bridgehead atoms. The second kappa shape index (κ2) is 7.63. The zero-order chi connectivity index (χ0) is 20.4. The topological polar surface area (TPSA) is 91.9 Å². The maximum atomic E-state index is 14.0. The number of hydrogen-bond acceptors (Lipinski definition) is 6. The minimum Gasteiger partial charge on any atom is -0.460 e. The van der Waals surface area contributed by atoms with E-state index in [2.05, 4.69) is 15.3 Å². The van der Waals surface area contributed by atoms with Crippen LogP contribution in [-0.4, -0.2) is 37.1 Å². The molecule has 0 saturated carbocycles.